The number of aromatic nitrogens is 1. The molecule has 1 aromatic carbocycles. The van der Waals surface area contributed by atoms with Crippen LogP contribution < -0.4 is 10.6 Å². The lowest BCUT2D eigenvalue weighted by atomic mass is 10.1. The van der Waals surface area contributed by atoms with Gasteiger partial charge in [-0.2, -0.15) is 0 Å². The fourth-order valence-electron chi connectivity index (χ4n) is 2.41. The first-order chi connectivity index (χ1) is 11.8. The third-order valence-corrected chi connectivity index (χ3v) is 5.96. The van der Waals surface area contributed by atoms with Crippen molar-refractivity contribution in [2.75, 3.05) is 13.3 Å². The highest BCUT2D eigenvalue weighted by atomic mass is 127. The lowest BCUT2D eigenvalue weighted by molar-refractivity contribution is 0.601. The van der Waals surface area contributed by atoms with E-state index in [1.165, 1.54) is 6.26 Å². The summed E-state index contributed by atoms with van der Waals surface area (Å²) in [6, 6.07) is 5.35. The van der Waals surface area contributed by atoms with Gasteiger partial charge in [-0.3, -0.25) is 4.99 Å². The Morgan fingerprint density at radius 2 is 1.96 bits per heavy atom. The van der Waals surface area contributed by atoms with Crippen LogP contribution in [0.1, 0.15) is 28.8 Å². The Morgan fingerprint density at radius 3 is 2.50 bits per heavy atom. The number of rotatable bonds is 6. The van der Waals surface area contributed by atoms with Crippen LogP contribution in [-0.4, -0.2) is 32.7 Å². The molecule has 0 saturated carbocycles. The number of hydrogen-bond acceptors (Lipinski definition) is 5. The van der Waals surface area contributed by atoms with E-state index in [9.17, 15) is 8.42 Å². The van der Waals surface area contributed by atoms with Crippen molar-refractivity contribution in [2.24, 2.45) is 4.99 Å². The topological polar surface area (TPSA) is 83.4 Å². The van der Waals surface area contributed by atoms with Gasteiger partial charge in [0, 0.05) is 25.2 Å². The van der Waals surface area contributed by atoms with Gasteiger partial charge in [0.1, 0.15) is 0 Å². The van der Waals surface area contributed by atoms with E-state index in [1.54, 1.807) is 31.4 Å². The van der Waals surface area contributed by atoms with E-state index in [0.717, 1.165) is 28.2 Å². The predicted octanol–water partition coefficient (Wildman–Crippen LogP) is 2.90. The molecule has 1 heterocycles. The maximum atomic E-state index is 11.7. The highest BCUT2D eigenvalue weighted by Gasteiger charge is 2.11. The van der Waals surface area contributed by atoms with Gasteiger partial charge in [-0.05, 0) is 30.5 Å². The Balaban J connectivity index is 0.00000338. The number of halogens is 1. The van der Waals surface area contributed by atoms with Crippen LogP contribution in [0.5, 0.6) is 0 Å². The van der Waals surface area contributed by atoms with Crippen LogP contribution in [0.4, 0.5) is 0 Å². The number of hydrogen-bond donors (Lipinski definition) is 2. The summed E-state index contributed by atoms with van der Waals surface area (Å²) in [6.45, 7) is 5.07. The average molecular weight is 508 g/mol. The summed E-state index contributed by atoms with van der Waals surface area (Å²) in [5, 5.41) is 9.63. The summed E-state index contributed by atoms with van der Waals surface area (Å²) in [4.78, 5) is 9.08. The molecule has 0 aliphatic heterocycles. The van der Waals surface area contributed by atoms with Crippen molar-refractivity contribution in [1.82, 2.24) is 15.6 Å². The fraction of sp³-hybridized carbons (Fsp3) is 0.412. The summed E-state index contributed by atoms with van der Waals surface area (Å²) in [5.74, 6) is 0.677. The van der Waals surface area contributed by atoms with E-state index in [2.05, 4.69) is 27.5 Å². The van der Waals surface area contributed by atoms with Crippen molar-refractivity contribution in [2.45, 2.75) is 38.3 Å². The van der Waals surface area contributed by atoms with E-state index < -0.39 is 9.84 Å². The van der Waals surface area contributed by atoms with Crippen LogP contribution in [0.2, 0.25) is 0 Å². The van der Waals surface area contributed by atoms with E-state index in [1.807, 2.05) is 17.5 Å². The minimum absolute atomic E-state index is 0. The molecule has 0 unspecified atom stereocenters. The Labute approximate surface area is 176 Å². The number of benzene rings is 1. The van der Waals surface area contributed by atoms with Gasteiger partial charge in [0.25, 0.3) is 0 Å². The van der Waals surface area contributed by atoms with Gasteiger partial charge in [-0.1, -0.05) is 19.1 Å². The molecule has 26 heavy (non-hydrogen) atoms. The summed E-state index contributed by atoms with van der Waals surface area (Å²) >= 11 is 1.66. The molecule has 0 radical (unpaired) electrons. The smallest absolute Gasteiger partial charge is 0.191 e. The molecule has 0 spiro atoms. The number of aliphatic imine (C=N–C) groups is 1. The van der Waals surface area contributed by atoms with Crippen LogP contribution in [0.15, 0.2) is 33.5 Å². The first-order valence-electron chi connectivity index (χ1n) is 8.01. The molecule has 0 amide bonds. The zero-order chi connectivity index (χ0) is 18.4. The molecule has 144 valence electrons. The zero-order valence-electron chi connectivity index (χ0n) is 15.4. The minimum atomic E-state index is -3.19. The quantitative estimate of drug-likeness (QED) is 0.356. The second-order valence-electron chi connectivity index (χ2n) is 5.74. The Hall–Kier alpha value is -1.20. The molecule has 6 nitrogen and oxygen atoms in total. The molecular weight excluding hydrogens is 483 g/mol. The molecule has 0 saturated heterocycles. The summed E-state index contributed by atoms with van der Waals surface area (Å²) in [5.41, 5.74) is 2.74. The Kier molecular flexibility index (Phi) is 8.97. The van der Waals surface area contributed by atoms with Gasteiger partial charge in [0.05, 0.1) is 22.1 Å². The van der Waals surface area contributed by atoms with E-state index in [0.29, 0.717) is 23.9 Å². The molecule has 9 heteroatoms. The normalized spacial score (nSPS) is 11.8. The third kappa shape index (κ3) is 6.51. The van der Waals surface area contributed by atoms with Crippen LogP contribution in [0.3, 0.4) is 0 Å². The van der Waals surface area contributed by atoms with E-state index >= 15 is 0 Å². The Bertz CT molecular complexity index is 863. The number of nitrogens with zero attached hydrogens (tertiary/aromatic N) is 2. The van der Waals surface area contributed by atoms with E-state index in [-0.39, 0.29) is 24.0 Å². The average Bonchev–Trinajstić information content (AvgIpc) is 3.02. The lowest BCUT2D eigenvalue weighted by Gasteiger charge is -2.12. The van der Waals surface area contributed by atoms with Gasteiger partial charge >= 0.3 is 0 Å². The maximum Gasteiger partial charge on any atom is 0.191 e. The molecule has 1 aromatic heterocycles. The van der Waals surface area contributed by atoms with Crippen LogP contribution in [-0.2, 0) is 29.3 Å². The monoisotopic (exact) mass is 508 g/mol. The molecule has 0 aliphatic rings. The summed E-state index contributed by atoms with van der Waals surface area (Å²) in [7, 11) is -1.47. The molecule has 2 aromatic rings. The minimum Gasteiger partial charge on any atom is -0.352 e. The van der Waals surface area contributed by atoms with Gasteiger partial charge < -0.3 is 10.6 Å². The van der Waals surface area contributed by atoms with Crippen LogP contribution in [0.25, 0.3) is 0 Å². The van der Waals surface area contributed by atoms with Gasteiger partial charge in [0.2, 0.25) is 0 Å². The van der Waals surface area contributed by atoms with Crippen molar-refractivity contribution in [3.05, 3.63) is 45.4 Å². The SMILES string of the molecule is CCc1nc(CNC(=NC)NCc2ccc(S(C)(=O)=O)c(C)c2)cs1.I. The maximum absolute atomic E-state index is 11.7. The first-order valence-corrected chi connectivity index (χ1v) is 10.8. The zero-order valence-corrected chi connectivity index (χ0v) is 19.3. The number of sulfone groups is 1. The second-order valence-corrected chi connectivity index (χ2v) is 8.66. The number of thiazole rings is 1. The van der Waals surface area contributed by atoms with Gasteiger partial charge in [0.15, 0.2) is 15.8 Å². The largest absolute Gasteiger partial charge is 0.352 e. The highest BCUT2D eigenvalue weighted by molar-refractivity contribution is 14.0. The third-order valence-electron chi connectivity index (χ3n) is 3.66. The summed E-state index contributed by atoms with van der Waals surface area (Å²) < 4.78 is 23.3. The highest BCUT2D eigenvalue weighted by Crippen LogP contribution is 2.16. The predicted molar refractivity (Wildman–Crippen MR) is 118 cm³/mol. The molecule has 0 bridgehead atoms. The summed E-state index contributed by atoms with van der Waals surface area (Å²) in [6.07, 6.45) is 2.17. The van der Waals surface area contributed by atoms with Crippen LogP contribution in [0, 0.1) is 6.92 Å². The number of guanidine groups is 1. The van der Waals surface area contributed by atoms with Gasteiger partial charge in [-0.15, -0.1) is 35.3 Å². The molecule has 2 rings (SSSR count). The molecular formula is C17H25IN4O2S2. The van der Waals surface area contributed by atoms with Crippen molar-refractivity contribution in [3.63, 3.8) is 0 Å². The number of nitrogens with one attached hydrogen (secondary N) is 2. The Morgan fingerprint density at radius 1 is 1.27 bits per heavy atom. The van der Waals surface area contributed by atoms with E-state index in [4.69, 9.17) is 0 Å². The van der Waals surface area contributed by atoms with Gasteiger partial charge in [-0.25, -0.2) is 13.4 Å². The lowest BCUT2D eigenvalue weighted by Crippen LogP contribution is -2.36. The standard InChI is InChI=1S/C17H24N4O2S2.HI/c1-5-16-21-14(11-24-16)10-20-17(18-3)19-9-13-6-7-15(12(2)8-13)25(4,22)23;/h6-8,11H,5,9-10H2,1-4H3,(H2,18,19,20);1H. The van der Waals surface area contributed by atoms with Crippen molar-refractivity contribution < 1.29 is 8.42 Å². The molecule has 2 N–H and O–H groups in total. The van der Waals surface area contributed by atoms with Crippen LogP contribution >= 0.6 is 35.3 Å². The molecule has 0 aliphatic carbocycles. The van der Waals surface area contributed by atoms with Crippen molar-refractivity contribution in [1.29, 1.82) is 0 Å². The second kappa shape index (κ2) is 10.2. The first kappa shape index (κ1) is 22.8. The molecule has 0 atom stereocenters. The van der Waals surface area contributed by atoms with Crippen molar-refractivity contribution >= 4 is 51.1 Å². The molecule has 0 fully saturated rings. The number of aryl methyl sites for hydroxylation is 2. The fourth-order valence-corrected chi connectivity index (χ4v) is 4.11. The van der Waals surface area contributed by atoms with Crippen molar-refractivity contribution in [3.8, 4) is 0 Å².